The molecule has 3 rings (SSSR count). The minimum absolute atomic E-state index is 0.00485. The normalized spacial score (nSPS) is 11.1. The van der Waals surface area contributed by atoms with Crippen molar-refractivity contribution in [2.75, 3.05) is 5.88 Å². The lowest BCUT2D eigenvalue weighted by Crippen LogP contribution is -2.10. The molecule has 0 saturated carbocycles. The number of fused-ring (bicyclic) bond motifs is 1. The Morgan fingerprint density at radius 3 is 2.28 bits per heavy atom. The van der Waals surface area contributed by atoms with Gasteiger partial charge in [-0.2, -0.15) is 5.11 Å². The van der Waals surface area contributed by atoms with E-state index in [9.17, 15) is 14.7 Å². The second-order valence-corrected chi connectivity index (χ2v) is 6.33. The second kappa shape index (κ2) is 8.70. The number of halogens is 1. The number of nitrogens with zero attached hydrogens (tertiary/aromatic N) is 2. The molecule has 0 saturated heterocycles. The van der Waals surface area contributed by atoms with Crippen molar-refractivity contribution in [3.05, 3.63) is 59.7 Å². The van der Waals surface area contributed by atoms with Gasteiger partial charge in [0.2, 0.25) is 0 Å². The Hall–Kier alpha value is -3.45. The van der Waals surface area contributed by atoms with Gasteiger partial charge in [-0.25, -0.2) is 4.79 Å². The molecule has 3 aromatic carbocycles. The first-order chi connectivity index (χ1) is 14.0. The van der Waals surface area contributed by atoms with E-state index in [1.807, 2.05) is 6.92 Å². The van der Waals surface area contributed by atoms with E-state index >= 15 is 0 Å². The molecule has 0 atom stereocenters. The Morgan fingerprint density at radius 1 is 1.03 bits per heavy atom. The average molecular weight is 413 g/mol. The highest BCUT2D eigenvalue weighted by Crippen LogP contribution is 2.46. The lowest BCUT2D eigenvalue weighted by Gasteiger charge is -2.15. The van der Waals surface area contributed by atoms with Gasteiger partial charge >= 0.3 is 11.9 Å². The molecule has 0 bridgehead atoms. The second-order valence-electron chi connectivity index (χ2n) is 6.06. The van der Waals surface area contributed by atoms with E-state index < -0.39 is 11.9 Å². The summed E-state index contributed by atoms with van der Waals surface area (Å²) >= 11 is 5.58. The molecule has 0 aliphatic carbocycles. The van der Waals surface area contributed by atoms with Gasteiger partial charge in [-0.15, -0.1) is 16.7 Å². The number of hydrogen-bond acceptors (Lipinski definition) is 6. The first-order valence-corrected chi connectivity index (χ1v) is 9.28. The molecule has 3 aromatic rings. The number of aromatic carboxylic acids is 1. The predicted molar refractivity (Wildman–Crippen MR) is 109 cm³/mol. The van der Waals surface area contributed by atoms with Crippen LogP contribution in [0.2, 0.25) is 0 Å². The Bertz CT molecular complexity index is 1110. The van der Waals surface area contributed by atoms with E-state index in [4.69, 9.17) is 21.4 Å². The van der Waals surface area contributed by atoms with Gasteiger partial charge < -0.3 is 14.9 Å². The number of hydrogen-bond donors (Lipinski definition) is 2. The molecule has 0 unspecified atom stereocenters. The molecule has 2 N–H and O–H groups in total. The van der Waals surface area contributed by atoms with Gasteiger partial charge in [-0.1, -0.05) is 31.2 Å². The number of carbonyl (C=O) groups is 2. The number of carboxylic acids is 1. The number of azo groups is 1. The minimum Gasteiger partial charge on any atom is -0.507 e. The maximum atomic E-state index is 11.9. The summed E-state index contributed by atoms with van der Waals surface area (Å²) < 4.78 is 5.38. The third-order valence-electron chi connectivity index (χ3n) is 4.27. The van der Waals surface area contributed by atoms with E-state index in [0.717, 1.165) is 0 Å². The van der Waals surface area contributed by atoms with Gasteiger partial charge in [0.1, 0.15) is 17.3 Å². The fourth-order valence-corrected chi connectivity index (χ4v) is 2.94. The van der Waals surface area contributed by atoms with Crippen LogP contribution in [-0.2, 0) is 11.2 Å². The zero-order chi connectivity index (χ0) is 21.0. The standard InChI is InChI=1S/C21H17ClN2O5/c1-2-14-19(26)16-6-4-3-5-15(16)18(20(14)29-17(25)11-22)24-23-13-9-7-12(8-10-13)21(27)28/h3-10,26H,2,11H2,1H3,(H,27,28). The Kier molecular flexibility index (Phi) is 6.09. The van der Waals surface area contributed by atoms with Gasteiger partial charge in [0.05, 0.1) is 11.3 Å². The van der Waals surface area contributed by atoms with Gasteiger partial charge in [0.15, 0.2) is 5.75 Å². The molecule has 8 heteroatoms. The van der Waals surface area contributed by atoms with Crippen molar-refractivity contribution in [3.8, 4) is 11.5 Å². The van der Waals surface area contributed by atoms with Crippen LogP contribution in [0.1, 0.15) is 22.8 Å². The number of aromatic hydroxyl groups is 1. The van der Waals surface area contributed by atoms with Crippen LogP contribution in [0.4, 0.5) is 11.4 Å². The predicted octanol–water partition coefficient (Wildman–Crippen LogP) is 5.37. The van der Waals surface area contributed by atoms with Crippen LogP contribution in [0.25, 0.3) is 10.8 Å². The minimum atomic E-state index is -1.04. The molecule has 0 spiro atoms. The summed E-state index contributed by atoms with van der Waals surface area (Å²) in [5.41, 5.74) is 1.23. The zero-order valence-electron chi connectivity index (χ0n) is 15.4. The van der Waals surface area contributed by atoms with Crippen molar-refractivity contribution >= 4 is 45.7 Å². The van der Waals surface area contributed by atoms with Gasteiger partial charge in [-0.05, 0) is 30.7 Å². The van der Waals surface area contributed by atoms with Gasteiger partial charge in [0, 0.05) is 16.3 Å². The van der Waals surface area contributed by atoms with Crippen molar-refractivity contribution < 1.29 is 24.5 Å². The summed E-state index contributed by atoms with van der Waals surface area (Å²) in [6.45, 7) is 1.81. The Balaban J connectivity index is 2.18. The Labute approximate surface area is 171 Å². The fourth-order valence-electron chi connectivity index (χ4n) is 2.89. The molecule has 0 amide bonds. The molecule has 0 aromatic heterocycles. The number of ether oxygens (including phenoxy) is 1. The summed E-state index contributed by atoms with van der Waals surface area (Å²) in [7, 11) is 0. The quantitative estimate of drug-likeness (QED) is 0.245. The molecule has 0 aliphatic heterocycles. The van der Waals surface area contributed by atoms with E-state index in [1.54, 1.807) is 24.3 Å². The lowest BCUT2D eigenvalue weighted by molar-refractivity contribution is -0.131. The van der Waals surface area contributed by atoms with E-state index in [2.05, 4.69) is 10.2 Å². The first-order valence-electron chi connectivity index (χ1n) is 8.74. The number of carboxylic acid groups (broad SMARTS) is 1. The number of benzene rings is 3. The van der Waals surface area contributed by atoms with Gasteiger partial charge in [0.25, 0.3) is 0 Å². The van der Waals surface area contributed by atoms with Crippen LogP contribution in [0.15, 0.2) is 58.8 Å². The summed E-state index contributed by atoms with van der Waals surface area (Å²) in [5.74, 6) is -1.98. The average Bonchev–Trinajstić information content (AvgIpc) is 2.74. The maximum absolute atomic E-state index is 11.9. The van der Waals surface area contributed by atoms with Crippen LogP contribution in [0.3, 0.4) is 0 Å². The highest BCUT2D eigenvalue weighted by atomic mass is 35.5. The van der Waals surface area contributed by atoms with Crippen LogP contribution >= 0.6 is 11.6 Å². The highest BCUT2D eigenvalue weighted by molar-refractivity contribution is 6.26. The monoisotopic (exact) mass is 412 g/mol. The molecule has 0 fully saturated rings. The largest absolute Gasteiger partial charge is 0.507 e. The van der Waals surface area contributed by atoms with Crippen molar-refractivity contribution in [1.82, 2.24) is 0 Å². The molecular formula is C21H17ClN2O5. The molecule has 7 nitrogen and oxygen atoms in total. The summed E-state index contributed by atoms with van der Waals surface area (Å²) in [4.78, 5) is 22.8. The molecule has 0 heterocycles. The molecular weight excluding hydrogens is 396 g/mol. The molecule has 0 aliphatic rings. The summed E-state index contributed by atoms with van der Waals surface area (Å²) in [6, 6.07) is 12.9. The number of carbonyl (C=O) groups excluding carboxylic acids is 1. The van der Waals surface area contributed by atoms with Crippen molar-refractivity contribution in [3.63, 3.8) is 0 Å². The van der Waals surface area contributed by atoms with E-state index in [-0.39, 0.29) is 28.6 Å². The zero-order valence-corrected chi connectivity index (χ0v) is 16.2. The maximum Gasteiger partial charge on any atom is 0.335 e. The van der Waals surface area contributed by atoms with Crippen LogP contribution < -0.4 is 4.74 Å². The highest BCUT2D eigenvalue weighted by Gasteiger charge is 2.21. The third-order valence-corrected chi connectivity index (χ3v) is 4.49. The van der Waals surface area contributed by atoms with Crippen LogP contribution in [0.5, 0.6) is 11.5 Å². The first kappa shape index (κ1) is 20.3. The molecule has 0 radical (unpaired) electrons. The topological polar surface area (TPSA) is 109 Å². The number of phenolic OH excluding ortho intramolecular Hbond substituents is 1. The van der Waals surface area contributed by atoms with E-state index in [0.29, 0.717) is 28.4 Å². The number of alkyl halides is 1. The summed E-state index contributed by atoms with van der Waals surface area (Å²) in [6.07, 6.45) is 0.386. The molecule has 29 heavy (non-hydrogen) atoms. The van der Waals surface area contributed by atoms with Crippen LogP contribution in [0, 0.1) is 0 Å². The number of rotatable bonds is 6. The molecule has 148 valence electrons. The van der Waals surface area contributed by atoms with E-state index in [1.165, 1.54) is 24.3 Å². The number of phenols is 1. The SMILES string of the molecule is CCc1c(OC(=O)CCl)c(N=Nc2ccc(C(=O)O)cc2)c2ccccc2c1O. The van der Waals surface area contributed by atoms with Gasteiger partial charge in [-0.3, -0.25) is 4.79 Å². The lowest BCUT2D eigenvalue weighted by atomic mass is 10.0. The third kappa shape index (κ3) is 4.20. The fraction of sp³-hybridized carbons (Fsp3) is 0.143. The van der Waals surface area contributed by atoms with Crippen LogP contribution in [-0.4, -0.2) is 28.0 Å². The summed E-state index contributed by atoms with van der Waals surface area (Å²) in [5, 5.41) is 29.2. The smallest absolute Gasteiger partial charge is 0.335 e. The number of esters is 1. The van der Waals surface area contributed by atoms with Crippen molar-refractivity contribution in [1.29, 1.82) is 0 Å². The Morgan fingerprint density at radius 2 is 1.69 bits per heavy atom. The van der Waals surface area contributed by atoms with Crippen molar-refractivity contribution in [2.24, 2.45) is 10.2 Å². The van der Waals surface area contributed by atoms with Crippen molar-refractivity contribution in [2.45, 2.75) is 13.3 Å².